The van der Waals surface area contributed by atoms with E-state index in [-0.39, 0.29) is 5.91 Å². The third kappa shape index (κ3) is 1.71. The number of carbonyl (C=O) groups is 1. The van der Waals surface area contributed by atoms with Crippen LogP contribution in [0.1, 0.15) is 35.3 Å². The van der Waals surface area contributed by atoms with Crippen molar-refractivity contribution in [1.29, 1.82) is 0 Å². The second kappa shape index (κ2) is 4.34. The van der Waals surface area contributed by atoms with Crippen LogP contribution < -0.4 is 5.32 Å². The lowest BCUT2D eigenvalue weighted by Crippen LogP contribution is -2.39. The van der Waals surface area contributed by atoms with Crippen LogP contribution in [0.3, 0.4) is 0 Å². The Morgan fingerprint density at radius 1 is 1.32 bits per heavy atom. The number of rotatable bonds is 1. The van der Waals surface area contributed by atoms with Crippen LogP contribution in [-0.2, 0) is 13.0 Å². The van der Waals surface area contributed by atoms with Crippen molar-refractivity contribution in [3.8, 4) is 0 Å². The lowest BCUT2D eigenvalue weighted by molar-refractivity contribution is 0.0735. The summed E-state index contributed by atoms with van der Waals surface area (Å²) in [6, 6.07) is 0.409. The first-order chi connectivity index (χ1) is 9.34. The first-order valence-corrected chi connectivity index (χ1v) is 7.41. The van der Waals surface area contributed by atoms with E-state index in [0.29, 0.717) is 12.0 Å². The molecule has 4 heterocycles. The number of hydrogen-bond acceptors (Lipinski definition) is 3. The van der Waals surface area contributed by atoms with E-state index in [4.69, 9.17) is 0 Å². The van der Waals surface area contributed by atoms with Gasteiger partial charge in [0.05, 0.1) is 17.5 Å². The van der Waals surface area contributed by atoms with Crippen LogP contribution in [-0.4, -0.2) is 46.3 Å². The lowest BCUT2D eigenvalue weighted by Gasteiger charge is -2.24. The topological polar surface area (TPSA) is 50.2 Å². The van der Waals surface area contributed by atoms with Gasteiger partial charge in [-0.25, -0.2) is 0 Å². The van der Waals surface area contributed by atoms with E-state index in [1.54, 1.807) is 6.20 Å². The minimum atomic E-state index is 0.208. The number of nitrogens with zero attached hydrogens (tertiary/aromatic N) is 3. The fraction of sp³-hybridized carbons (Fsp3) is 0.714. The molecule has 0 radical (unpaired) electrons. The van der Waals surface area contributed by atoms with E-state index in [2.05, 4.69) is 15.3 Å². The van der Waals surface area contributed by atoms with Gasteiger partial charge in [-0.1, -0.05) is 0 Å². The third-order valence-electron chi connectivity index (χ3n) is 4.92. The maximum Gasteiger partial charge on any atom is 0.257 e. The average molecular weight is 260 g/mol. The number of likely N-dealkylation sites (tertiary alicyclic amines) is 1. The Bertz CT molecular complexity index is 510. The van der Waals surface area contributed by atoms with E-state index in [1.165, 1.54) is 12.8 Å². The number of aromatic nitrogens is 2. The Morgan fingerprint density at radius 3 is 3.21 bits per heavy atom. The van der Waals surface area contributed by atoms with E-state index in [1.807, 2.05) is 4.68 Å². The quantitative estimate of drug-likeness (QED) is 0.807. The van der Waals surface area contributed by atoms with Gasteiger partial charge in [0, 0.05) is 32.2 Å². The molecule has 0 aliphatic carbocycles. The van der Waals surface area contributed by atoms with Gasteiger partial charge in [0.15, 0.2) is 0 Å². The van der Waals surface area contributed by atoms with Crippen LogP contribution in [0.25, 0.3) is 0 Å². The highest BCUT2D eigenvalue weighted by molar-refractivity contribution is 5.95. The van der Waals surface area contributed by atoms with Crippen LogP contribution in [0.5, 0.6) is 0 Å². The van der Waals surface area contributed by atoms with Gasteiger partial charge in [-0.2, -0.15) is 5.10 Å². The van der Waals surface area contributed by atoms with Crippen LogP contribution in [0, 0.1) is 5.92 Å². The van der Waals surface area contributed by atoms with Crippen molar-refractivity contribution in [2.75, 3.05) is 19.6 Å². The van der Waals surface area contributed by atoms with Gasteiger partial charge in [-0.15, -0.1) is 0 Å². The first-order valence-electron chi connectivity index (χ1n) is 7.41. The largest absolute Gasteiger partial charge is 0.334 e. The third-order valence-corrected chi connectivity index (χ3v) is 4.92. The van der Waals surface area contributed by atoms with Crippen LogP contribution in [0.15, 0.2) is 6.20 Å². The van der Waals surface area contributed by atoms with Gasteiger partial charge in [0.2, 0.25) is 0 Å². The Hall–Kier alpha value is -1.36. The monoisotopic (exact) mass is 260 g/mol. The van der Waals surface area contributed by atoms with Crippen molar-refractivity contribution in [3.05, 3.63) is 17.5 Å². The molecule has 4 rings (SSSR count). The van der Waals surface area contributed by atoms with Crippen molar-refractivity contribution in [2.24, 2.45) is 5.92 Å². The molecule has 1 N–H and O–H groups in total. The summed E-state index contributed by atoms with van der Waals surface area (Å²) in [7, 11) is 0. The maximum atomic E-state index is 12.8. The van der Waals surface area contributed by atoms with Gasteiger partial charge < -0.3 is 10.2 Å². The molecular weight excluding hydrogens is 240 g/mol. The number of hydrogen-bond donors (Lipinski definition) is 1. The number of aryl methyl sites for hydroxylation is 1. The number of fused-ring (bicyclic) bond motifs is 2. The lowest BCUT2D eigenvalue weighted by atomic mass is 10.0. The molecular formula is C14H20N4O. The van der Waals surface area contributed by atoms with Gasteiger partial charge >= 0.3 is 0 Å². The molecule has 1 amide bonds. The zero-order chi connectivity index (χ0) is 12.8. The zero-order valence-electron chi connectivity index (χ0n) is 11.1. The SMILES string of the molecule is O=C(c1cnn2c1CCCC2)N1CC[C@H]2CNC[C@H]21. The molecule has 102 valence electrons. The predicted octanol–water partition coefficient (Wildman–Crippen LogP) is 0.653. The number of carbonyl (C=O) groups excluding carboxylic acids is 1. The van der Waals surface area contributed by atoms with Crippen LogP contribution >= 0.6 is 0 Å². The molecule has 3 aliphatic heterocycles. The van der Waals surface area contributed by atoms with Gasteiger partial charge in [-0.3, -0.25) is 9.48 Å². The fourth-order valence-corrected chi connectivity index (χ4v) is 3.86. The van der Waals surface area contributed by atoms with E-state index in [0.717, 1.165) is 50.3 Å². The molecule has 0 bridgehead atoms. The number of nitrogens with one attached hydrogen (secondary N) is 1. The van der Waals surface area contributed by atoms with Crippen LogP contribution in [0.4, 0.5) is 0 Å². The summed E-state index contributed by atoms with van der Waals surface area (Å²) in [6.45, 7) is 3.91. The highest BCUT2D eigenvalue weighted by Gasteiger charge is 2.41. The van der Waals surface area contributed by atoms with Crippen molar-refractivity contribution in [1.82, 2.24) is 20.0 Å². The average Bonchev–Trinajstić information content (AvgIpc) is 3.12. The Labute approximate surface area is 113 Å². The standard InChI is InChI=1S/C14H20N4O/c19-14(17-6-4-10-7-15-9-13(10)17)11-8-16-18-5-2-1-3-12(11)18/h8,10,13,15H,1-7,9H2/t10-,13+/m0/s1. The summed E-state index contributed by atoms with van der Waals surface area (Å²) >= 11 is 0. The Kier molecular flexibility index (Phi) is 2.62. The van der Waals surface area contributed by atoms with Crippen molar-refractivity contribution in [2.45, 2.75) is 38.3 Å². The minimum Gasteiger partial charge on any atom is -0.334 e. The molecule has 0 unspecified atom stereocenters. The van der Waals surface area contributed by atoms with Crippen molar-refractivity contribution in [3.63, 3.8) is 0 Å². The molecule has 1 aromatic heterocycles. The zero-order valence-corrected chi connectivity index (χ0v) is 11.1. The molecule has 0 aromatic carbocycles. The second-order valence-electron chi connectivity index (χ2n) is 5.96. The van der Waals surface area contributed by atoms with Gasteiger partial charge in [0.1, 0.15) is 0 Å². The molecule has 2 fully saturated rings. The second-order valence-corrected chi connectivity index (χ2v) is 5.96. The molecule has 5 nitrogen and oxygen atoms in total. The maximum absolute atomic E-state index is 12.8. The Morgan fingerprint density at radius 2 is 2.26 bits per heavy atom. The Balaban J connectivity index is 1.62. The van der Waals surface area contributed by atoms with Crippen molar-refractivity contribution < 1.29 is 4.79 Å². The molecule has 2 atom stereocenters. The minimum absolute atomic E-state index is 0.208. The smallest absolute Gasteiger partial charge is 0.257 e. The molecule has 1 aromatic rings. The first kappa shape index (κ1) is 11.5. The molecule has 2 saturated heterocycles. The summed E-state index contributed by atoms with van der Waals surface area (Å²) in [5.74, 6) is 0.870. The summed E-state index contributed by atoms with van der Waals surface area (Å²) in [5, 5.41) is 7.79. The molecule has 0 saturated carbocycles. The van der Waals surface area contributed by atoms with Crippen LogP contribution in [0.2, 0.25) is 0 Å². The fourth-order valence-electron chi connectivity index (χ4n) is 3.86. The predicted molar refractivity (Wildman–Crippen MR) is 71.0 cm³/mol. The normalized spacial score (nSPS) is 29.4. The number of amides is 1. The molecule has 19 heavy (non-hydrogen) atoms. The summed E-state index contributed by atoms with van der Waals surface area (Å²) < 4.78 is 2.02. The molecule has 3 aliphatic rings. The van der Waals surface area contributed by atoms with Gasteiger partial charge in [0.25, 0.3) is 5.91 Å². The van der Waals surface area contributed by atoms with E-state index < -0.39 is 0 Å². The highest BCUT2D eigenvalue weighted by atomic mass is 16.2. The van der Waals surface area contributed by atoms with E-state index in [9.17, 15) is 4.79 Å². The van der Waals surface area contributed by atoms with E-state index >= 15 is 0 Å². The summed E-state index contributed by atoms with van der Waals surface area (Å²) in [5.41, 5.74) is 2.01. The van der Waals surface area contributed by atoms with Crippen molar-refractivity contribution >= 4 is 5.91 Å². The molecule has 0 spiro atoms. The summed E-state index contributed by atoms with van der Waals surface area (Å²) in [4.78, 5) is 14.8. The highest BCUT2D eigenvalue weighted by Crippen LogP contribution is 2.29. The molecule has 5 heteroatoms. The van der Waals surface area contributed by atoms with Gasteiger partial charge in [-0.05, 0) is 31.6 Å². The summed E-state index contributed by atoms with van der Waals surface area (Å²) in [6.07, 6.45) is 6.30.